The summed E-state index contributed by atoms with van der Waals surface area (Å²) in [5.41, 5.74) is -0.121. The fourth-order valence-electron chi connectivity index (χ4n) is 8.10. The van der Waals surface area contributed by atoms with Crippen molar-refractivity contribution < 1.29 is 15.1 Å². The van der Waals surface area contributed by atoms with Crippen LogP contribution in [-0.2, 0) is 4.79 Å². The molecule has 7 atom stereocenters. The minimum Gasteiger partial charge on any atom is -0.393 e. The molecule has 2 N–H and O–H groups in total. The highest BCUT2D eigenvalue weighted by atomic mass is 16.5. The lowest BCUT2D eigenvalue weighted by Gasteiger charge is -2.63. The van der Waals surface area contributed by atoms with Gasteiger partial charge in [0.25, 0.3) is 5.91 Å². The average Bonchev–Trinajstić information content (AvgIpc) is 2.92. The molecule has 2 unspecified atom stereocenters. The van der Waals surface area contributed by atoms with E-state index in [1.54, 1.807) is 0 Å². The smallest absolute Gasteiger partial charge is 0.252 e. The molecular weight excluding hydrogens is 326 g/mol. The molecule has 0 spiro atoms. The van der Waals surface area contributed by atoms with Crippen molar-refractivity contribution >= 4 is 5.91 Å². The predicted molar refractivity (Wildman–Crippen MR) is 100 cm³/mol. The Balaban J connectivity index is 1.70. The summed E-state index contributed by atoms with van der Waals surface area (Å²) in [6, 6.07) is -0.0295. The molecule has 148 valence electrons. The van der Waals surface area contributed by atoms with Gasteiger partial charge in [-0.15, -0.1) is 0 Å². The molecule has 26 heavy (non-hydrogen) atoms. The van der Waals surface area contributed by atoms with E-state index in [0.717, 1.165) is 50.0 Å². The summed E-state index contributed by atoms with van der Waals surface area (Å²) in [7, 11) is 0. The van der Waals surface area contributed by atoms with Crippen LogP contribution in [0.15, 0.2) is 0 Å². The van der Waals surface area contributed by atoms with Crippen molar-refractivity contribution in [2.45, 2.75) is 97.6 Å². The Morgan fingerprint density at radius 2 is 1.81 bits per heavy atom. The lowest BCUT2D eigenvalue weighted by atomic mass is 9.45. The van der Waals surface area contributed by atoms with Crippen LogP contribution in [0.4, 0.5) is 0 Å². The third-order valence-electron chi connectivity index (χ3n) is 9.59. The van der Waals surface area contributed by atoms with E-state index in [1.807, 2.05) is 0 Å². The van der Waals surface area contributed by atoms with Gasteiger partial charge < -0.3 is 5.11 Å². The van der Waals surface area contributed by atoms with Crippen molar-refractivity contribution in [1.29, 1.82) is 0 Å². The molecule has 0 bridgehead atoms. The first-order chi connectivity index (χ1) is 12.2. The molecule has 0 radical (unpaired) electrons. The number of hydrogen-bond donors (Lipinski definition) is 2. The van der Waals surface area contributed by atoms with Crippen LogP contribution in [0.1, 0.15) is 85.5 Å². The van der Waals surface area contributed by atoms with E-state index in [2.05, 4.69) is 27.7 Å². The number of hydroxylamine groups is 2. The topological polar surface area (TPSA) is 60.8 Å². The van der Waals surface area contributed by atoms with Gasteiger partial charge >= 0.3 is 0 Å². The molecular formula is C22H37NO3. The second-order valence-electron chi connectivity index (χ2n) is 10.6. The average molecular weight is 364 g/mol. The molecule has 1 aliphatic heterocycles. The standard InChI is InChI=1S/C22H37NO3/c1-5-22(6-2)13-21(4)16-9-10-20(3)12-14(24)11-17(20)15(16)7-8-18(21)23(26)19(22)25/h14-18,24,26H,5-13H2,1-4H3/t14?,15-,16-,17+,18?,20-,21-/m1/s1. The molecule has 3 aliphatic carbocycles. The van der Waals surface area contributed by atoms with Crippen LogP contribution in [0.2, 0.25) is 0 Å². The number of amides is 1. The number of piperidine rings is 1. The minimum absolute atomic E-state index is 0.00747. The van der Waals surface area contributed by atoms with E-state index < -0.39 is 5.41 Å². The first-order valence-corrected chi connectivity index (χ1v) is 10.9. The van der Waals surface area contributed by atoms with Gasteiger partial charge in [0.1, 0.15) is 0 Å². The van der Waals surface area contributed by atoms with Crippen LogP contribution in [0.5, 0.6) is 0 Å². The fourth-order valence-corrected chi connectivity index (χ4v) is 8.10. The van der Waals surface area contributed by atoms with E-state index in [-0.39, 0.29) is 23.5 Å². The van der Waals surface area contributed by atoms with Gasteiger partial charge in [0.15, 0.2) is 0 Å². The summed E-state index contributed by atoms with van der Waals surface area (Å²) in [5.74, 6) is 1.77. The maximum atomic E-state index is 13.0. The van der Waals surface area contributed by atoms with Crippen LogP contribution in [0.3, 0.4) is 0 Å². The van der Waals surface area contributed by atoms with Crippen LogP contribution in [-0.4, -0.2) is 33.4 Å². The SMILES string of the molecule is CCC1(CC)C[C@@]2(C)C(CC[C@@H]3[C@H]2CC[C@]2(C)CC(O)C[C@@H]32)N(O)C1=O. The van der Waals surface area contributed by atoms with Crippen molar-refractivity contribution in [2.24, 2.45) is 34.0 Å². The number of aliphatic hydroxyl groups excluding tert-OH is 1. The van der Waals surface area contributed by atoms with Crippen molar-refractivity contribution in [1.82, 2.24) is 5.06 Å². The first kappa shape index (κ1) is 18.7. The Morgan fingerprint density at radius 1 is 1.12 bits per heavy atom. The lowest BCUT2D eigenvalue weighted by Crippen LogP contribution is -2.66. The Bertz CT molecular complexity index is 588. The monoisotopic (exact) mass is 363 g/mol. The molecule has 1 saturated heterocycles. The number of aliphatic hydroxyl groups is 1. The minimum atomic E-state index is -0.405. The third kappa shape index (κ3) is 2.30. The van der Waals surface area contributed by atoms with Gasteiger partial charge in [-0.3, -0.25) is 10.0 Å². The van der Waals surface area contributed by atoms with Crippen molar-refractivity contribution in [3.8, 4) is 0 Å². The third-order valence-corrected chi connectivity index (χ3v) is 9.59. The zero-order chi connectivity index (χ0) is 18.9. The van der Waals surface area contributed by atoms with Crippen LogP contribution in [0.25, 0.3) is 0 Å². The lowest BCUT2D eigenvalue weighted by molar-refractivity contribution is -0.244. The molecule has 4 nitrogen and oxygen atoms in total. The van der Waals surface area contributed by atoms with Gasteiger partial charge in [0, 0.05) is 0 Å². The Kier molecular flexibility index (Phi) is 4.28. The number of carbonyl (C=O) groups excluding carboxylic acids is 1. The van der Waals surface area contributed by atoms with E-state index in [4.69, 9.17) is 0 Å². The summed E-state index contributed by atoms with van der Waals surface area (Å²) in [6.07, 6.45) is 8.66. The zero-order valence-corrected chi connectivity index (χ0v) is 17.0. The fraction of sp³-hybridized carbons (Fsp3) is 0.955. The van der Waals surface area contributed by atoms with Gasteiger partial charge in [-0.05, 0) is 86.4 Å². The van der Waals surface area contributed by atoms with Gasteiger partial charge in [-0.25, -0.2) is 5.06 Å². The maximum absolute atomic E-state index is 13.0. The van der Waals surface area contributed by atoms with E-state index in [1.165, 1.54) is 12.8 Å². The number of carbonyl (C=O) groups is 1. The van der Waals surface area contributed by atoms with Gasteiger partial charge in [-0.2, -0.15) is 0 Å². The zero-order valence-electron chi connectivity index (χ0n) is 17.0. The molecule has 3 saturated carbocycles. The molecule has 0 aromatic carbocycles. The highest BCUT2D eigenvalue weighted by molar-refractivity contribution is 5.83. The molecule has 1 amide bonds. The first-order valence-electron chi connectivity index (χ1n) is 10.9. The van der Waals surface area contributed by atoms with Gasteiger partial charge in [-0.1, -0.05) is 27.7 Å². The molecule has 4 aliphatic rings. The number of fused-ring (bicyclic) bond motifs is 5. The number of rotatable bonds is 2. The normalized spacial score (nSPS) is 50.2. The predicted octanol–water partition coefficient (Wildman–Crippen LogP) is 4.39. The van der Waals surface area contributed by atoms with Crippen LogP contribution < -0.4 is 0 Å². The van der Waals surface area contributed by atoms with Crippen molar-refractivity contribution in [3.63, 3.8) is 0 Å². The largest absolute Gasteiger partial charge is 0.393 e. The molecule has 0 aromatic rings. The van der Waals surface area contributed by atoms with Crippen LogP contribution in [0, 0.1) is 34.0 Å². The Morgan fingerprint density at radius 3 is 2.46 bits per heavy atom. The molecule has 4 fully saturated rings. The Labute approximate surface area is 158 Å². The van der Waals surface area contributed by atoms with Crippen molar-refractivity contribution in [2.75, 3.05) is 0 Å². The van der Waals surface area contributed by atoms with Crippen LogP contribution >= 0.6 is 0 Å². The van der Waals surface area contributed by atoms with E-state index in [9.17, 15) is 15.1 Å². The maximum Gasteiger partial charge on any atom is 0.252 e. The number of hydrogen-bond acceptors (Lipinski definition) is 3. The molecule has 4 heteroatoms. The summed E-state index contributed by atoms with van der Waals surface area (Å²) in [4.78, 5) is 13.0. The summed E-state index contributed by atoms with van der Waals surface area (Å²) in [5, 5.41) is 22.4. The highest BCUT2D eigenvalue weighted by Crippen LogP contribution is 2.66. The van der Waals surface area contributed by atoms with E-state index >= 15 is 0 Å². The summed E-state index contributed by atoms with van der Waals surface area (Å²) >= 11 is 0. The second kappa shape index (κ2) is 5.94. The molecule has 1 heterocycles. The quantitative estimate of drug-likeness (QED) is 0.716. The number of nitrogens with zero attached hydrogens (tertiary/aromatic N) is 1. The van der Waals surface area contributed by atoms with Gasteiger partial charge in [0.2, 0.25) is 0 Å². The van der Waals surface area contributed by atoms with Gasteiger partial charge in [0.05, 0.1) is 17.6 Å². The second-order valence-corrected chi connectivity index (χ2v) is 10.6. The van der Waals surface area contributed by atoms with Crippen molar-refractivity contribution in [3.05, 3.63) is 0 Å². The highest BCUT2D eigenvalue weighted by Gasteiger charge is 2.64. The summed E-state index contributed by atoms with van der Waals surface area (Å²) < 4.78 is 0. The molecule has 0 aromatic heterocycles. The summed E-state index contributed by atoms with van der Waals surface area (Å²) in [6.45, 7) is 8.96. The van der Waals surface area contributed by atoms with E-state index in [0.29, 0.717) is 23.2 Å². The molecule has 4 rings (SSSR count). The Hall–Kier alpha value is -0.610.